The number of morpholine rings is 1. The summed E-state index contributed by atoms with van der Waals surface area (Å²) in [6, 6.07) is 10.5. The summed E-state index contributed by atoms with van der Waals surface area (Å²) in [5.74, 6) is 2.05. The monoisotopic (exact) mass is 319 g/mol. The SMILES string of the molecule is Cc1nnc(SCC[NH+]2CCOCC2)n1Cc1ccccc1. The van der Waals surface area contributed by atoms with Gasteiger partial charge in [-0.3, -0.25) is 0 Å². The number of rotatable bonds is 6. The lowest BCUT2D eigenvalue weighted by molar-refractivity contribution is -0.905. The minimum absolute atomic E-state index is 0.840. The second kappa shape index (κ2) is 7.76. The second-order valence-corrected chi connectivity index (χ2v) is 6.62. The maximum atomic E-state index is 5.40. The molecule has 1 aromatic heterocycles. The third kappa shape index (κ3) is 4.09. The van der Waals surface area contributed by atoms with Gasteiger partial charge in [0.05, 0.1) is 32.1 Å². The van der Waals surface area contributed by atoms with E-state index >= 15 is 0 Å². The molecular formula is C16H23N4OS+. The predicted molar refractivity (Wildman–Crippen MR) is 87.4 cm³/mol. The van der Waals surface area contributed by atoms with Crippen LogP contribution in [-0.4, -0.2) is 53.4 Å². The van der Waals surface area contributed by atoms with Gasteiger partial charge in [-0.25, -0.2) is 0 Å². The van der Waals surface area contributed by atoms with Crippen LogP contribution in [0.2, 0.25) is 0 Å². The molecule has 118 valence electrons. The molecule has 0 unspecified atom stereocenters. The maximum absolute atomic E-state index is 5.40. The summed E-state index contributed by atoms with van der Waals surface area (Å²) in [5.41, 5.74) is 1.28. The van der Waals surface area contributed by atoms with Gasteiger partial charge in [-0.05, 0) is 12.5 Å². The van der Waals surface area contributed by atoms with Crippen molar-refractivity contribution in [2.45, 2.75) is 18.6 Å². The van der Waals surface area contributed by atoms with Gasteiger partial charge in [-0.15, -0.1) is 10.2 Å². The lowest BCUT2D eigenvalue weighted by Crippen LogP contribution is -3.14. The first-order chi connectivity index (χ1) is 10.8. The summed E-state index contributed by atoms with van der Waals surface area (Å²) < 4.78 is 7.60. The van der Waals surface area contributed by atoms with Gasteiger partial charge in [0, 0.05) is 0 Å². The molecule has 1 aliphatic rings. The molecule has 2 heterocycles. The minimum atomic E-state index is 0.840. The number of hydrogen-bond donors (Lipinski definition) is 1. The Hall–Kier alpha value is -1.37. The lowest BCUT2D eigenvalue weighted by atomic mass is 10.2. The molecule has 0 atom stereocenters. The molecule has 22 heavy (non-hydrogen) atoms. The Morgan fingerprint density at radius 1 is 1.18 bits per heavy atom. The van der Waals surface area contributed by atoms with Crippen LogP contribution in [0.4, 0.5) is 0 Å². The predicted octanol–water partition coefficient (Wildman–Crippen LogP) is 0.642. The van der Waals surface area contributed by atoms with E-state index in [9.17, 15) is 0 Å². The molecule has 0 bridgehead atoms. The van der Waals surface area contributed by atoms with E-state index in [1.807, 2.05) is 24.8 Å². The van der Waals surface area contributed by atoms with Crippen LogP contribution in [0.3, 0.4) is 0 Å². The number of hydrogen-bond acceptors (Lipinski definition) is 4. The van der Waals surface area contributed by atoms with E-state index in [4.69, 9.17) is 4.74 Å². The van der Waals surface area contributed by atoms with E-state index < -0.39 is 0 Å². The number of aromatic nitrogens is 3. The van der Waals surface area contributed by atoms with E-state index in [0.29, 0.717) is 0 Å². The molecule has 2 aromatic rings. The van der Waals surface area contributed by atoms with Gasteiger partial charge in [0.25, 0.3) is 0 Å². The highest BCUT2D eigenvalue weighted by Crippen LogP contribution is 2.17. The highest BCUT2D eigenvalue weighted by atomic mass is 32.2. The Balaban J connectivity index is 1.57. The summed E-state index contributed by atoms with van der Waals surface area (Å²) in [5, 5.41) is 9.60. The van der Waals surface area contributed by atoms with Gasteiger partial charge in [0.1, 0.15) is 18.9 Å². The van der Waals surface area contributed by atoms with Gasteiger partial charge >= 0.3 is 0 Å². The fourth-order valence-corrected chi connectivity index (χ4v) is 3.64. The quantitative estimate of drug-likeness (QED) is 0.794. The standard InChI is InChI=1S/C16H22N4OS/c1-14-17-18-16(20(14)13-15-5-3-2-4-6-15)22-12-9-19-7-10-21-11-8-19/h2-6H,7-13H2,1H3/p+1. The van der Waals surface area contributed by atoms with Crippen molar-refractivity contribution in [3.05, 3.63) is 41.7 Å². The highest BCUT2D eigenvalue weighted by molar-refractivity contribution is 7.99. The number of nitrogens with zero attached hydrogens (tertiary/aromatic N) is 3. The van der Waals surface area contributed by atoms with E-state index in [1.165, 1.54) is 5.56 Å². The first-order valence-electron chi connectivity index (χ1n) is 7.81. The summed E-state index contributed by atoms with van der Waals surface area (Å²) in [4.78, 5) is 1.63. The summed E-state index contributed by atoms with van der Waals surface area (Å²) in [7, 11) is 0. The van der Waals surface area contributed by atoms with Crippen molar-refractivity contribution in [3.63, 3.8) is 0 Å². The summed E-state index contributed by atoms with van der Waals surface area (Å²) in [6.45, 7) is 8.05. The first-order valence-corrected chi connectivity index (χ1v) is 8.79. The molecule has 1 aromatic carbocycles. The molecule has 0 aliphatic carbocycles. The molecule has 0 saturated carbocycles. The largest absolute Gasteiger partial charge is 0.370 e. The smallest absolute Gasteiger partial charge is 0.191 e. The van der Waals surface area contributed by atoms with Crippen LogP contribution >= 0.6 is 11.8 Å². The molecule has 3 rings (SSSR count). The molecule has 0 radical (unpaired) electrons. The zero-order valence-electron chi connectivity index (χ0n) is 13.0. The minimum Gasteiger partial charge on any atom is -0.370 e. The van der Waals surface area contributed by atoms with Gasteiger partial charge in [0.2, 0.25) is 0 Å². The molecule has 1 fully saturated rings. The molecule has 1 saturated heterocycles. The average Bonchev–Trinajstić information content (AvgIpc) is 2.90. The fourth-order valence-electron chi connectivity index (χ4n) is 2.61. The van der Waals surface area contributed by atoms with Crippen molar-refractivity contribution in [1.29, 1.82) is 0 Å². The Bertz CT molecular complexity index is 581. The molecule has 1 N–H and O–H groups in total. The van der Waals surface area contributed by atoms with Gasteiger partial charge in [-0.2, -0.15) is 0 Å². The topological polar surface area (TPSA) is 44.4 Å². The van der Waals surface area contributed by atoms with Crippen molar-refractivity contribution in [2.75, 3.05) is 38.6 Å². The molecular weight excluding hydrogens is 296 g/mol. The van der Waals surface area contributed by atoms with Gasteiger partial charge in [0.15, 0.2) is 5.16 Å². The summed E-state index contributed by atoms with van der Waals surface area (Å²) in [6.07, 6.45) is 0. The van der Waals surface area contributed by atoms with E-state index in [2.05, 4.69) is 39.0 Å². The number of aryl methyl sites for hydroxylation is 1. The van der Waals surface area contributed by atoms with Crippen LogP contribution in [0.5, 0.6) is 0 Å². The van der Waals surface area contributed by atoms with Crippen LogP contribution in [0.15, 0.2) is 35.5 Å². The average molecular weight is 319 g/mol. The number of ether oxygens (including phenoxy) is 1. The first kappa shape index (κ1) is 15.5. The second-order valence-electron chi connectivity index (χ2n) is 5.56. The fraction of sp³-hybridized carbons (Fsp3) is 0.500. The number of benzene rings is 1. The maximum Gasteiger partial charge on any atom is 0.191 e. The Morgan fingerprint density at radius 2 is 1.95 bits per heavy atom. The van der Waals surface area contributed by atoms with Crippen LogP contribution in [0.25, 0.3) is 0 Å². The molecule has 0 spiro atoms. The molecule has 0 amide bonds. The van der Waals surface area contributed by atoms with Crippen molar-refractivity contribution in [3.8, 4) is 0 Å². The molecule has 6 heteroatoms. The van der Waals surface area contributed by atoms with E-state index in [-0.39, 0.29) is 0 Å². The number of nitrogens with one attached hydrogen (secondary N) is 1. The van der Waals surface area contributed by atoms with E-state index in [1.54, 1.807) is 4.90 Å². The van der Waals surface area contributed by atoms with Gasteiger partial charge in [-0.1, -0.05) is 42.1 Å². The zero-order valence-corrected chi connectivity index (χ0v) is 13.8. The molecule has 5 nitrogen and oxygen atoms in total. The van der Waals surface area contributed by atoms with Gasteiger partial charge < -0.3 is 14.2 Å². The zero-order chi connectivity index (χ0) is 15.2. The normalized spacial score (nSPS) is 16.0. The van der Waals surface area contributed by atoms with Crippen LogP contribution < -0.4 is 4.90 Å². The highest BCUT2D eigenvalue weighted by Gasteiger charge is 2.15. The number of thioether (sulfide) groups is 1. The third-order valence-corrected chi connectivity index (χ3v) is 4.94. The van der Waals surface area contributed by atoms with Crippen LogP contribution in [-0.2, 0) is 11.3 Å². The third-order valence-electron chi connectivity index (χ3n) is 3.97. The Labute approximate surface area is 135 Å². The van der Waals surface area contributed by atoms with Crippen molar-refractivity contribution in [1.82, 2.24) is 14.8 Å². The van der Waals surface area contributed by atoms with Crippen molar-refractivity contribution >= 4 is 11.8 Å². The van der Waals surface area contributed by atoms with Crippen LogP contribution in [0, 0.1) is 6.92 Å². The summed E-state index contributed by atoms with van der Waals surface area (Å²) >= 11 is 1.81. The lowest BCUT2D eigenvalue weighted by Gasteiger charge is -2.23. The molecule has 1 aliphatic heterocycles. The van der Waals surface area contributed by atoms with Crippen molar-refractivity contribution in [2.24, 2.45) is 0 Å². The Morgan fingerprint density at radius 3 is 2.73 bits per heavy atom. The number of quaternary nitrogens is 1. The van der Waals surface area contributed by atoms with Crippen LogP contribution in [0.1, 0.15) is 11.4 Å². The van der Waals surface area contributed by atoms with Crippen molar-refractivity contribution < 1.29 is 9.64 Å². The Kier molecular flexibility index (Phi) is 5.48. The van der Waals surface area contributed by atoms with E-state index in [0.717, 1.165) is 56.1 Å².